The number of halogens is 2. The van der Waals surface area contributed by atoms with Crippen molar-refractivity contribution in [3.8, 4) is 0 Å². The standard InChI is InChI=1S/C9H10F2N3O3/c10-9(11)3-5(4-15)17-7(9)14-2-1-6(12)13-8(14)16/h1-3,5,7,15H,4H2,(H2,12,13,16)/t5-,7+/m0/s1. The molecule has 0 unspecified atom stereocenters. The van der Waals surface area contributed by atoms with Gasteiger partial charge in [0.25, 0.3) is 5.92 Å². The number of ether oxygens (including phenoxy) is 1. The number of hydrogen-bond donors (Lipinski definition) is 2. The molecule has 1 aromatic rings. The molecule has 0 aromatic carbocycles. The van der Waals surface area contributed by atoms with Gasteiger partial charge in [0.05, 0.1) is 19.1 Å². The van der Waals surface area contributed by atoms with E-state index in [1.54, 1.807) is 0 Å². The molecule has 0 amide bonds. The Balaban J connectivity index is 2.37. The summed E-state index contributed by atoms with van der Waals surface area (Å²) >= 11 is 0. The number of aliphatic hydroxyl groups is 1. The molecule has 1 saturated heterocycles. The Bertz CT molecular complexity index is 477. The quantitative estimate of drug-likeness (QED) is 0.738. The van der Waals surface area contributed by atoms with E-state index in [0.717, 1.165) is 6.20 Å². The molecule has 2 heterocycles. The Morgan fingerprint density at radius 1 is 1.65 bits per heavy atom. The fourth-order valence-corrected chi connectivity index (χ4v) is 1.58. The number of nitrogens with two attached hydrogens (primary N) is 1. The molecule has 2 atom stereocenters. The summed E-state index contributed by atoms with van der Waals surface area (Å²) in [5, 5.41) is 8.76. The molecule has 2 rings (SSSR count). The van der Waals surface area contributed by atoms with E-state index in [-0.39, 0.29) is 5.82 Å². The smallest absolute Gasteiger partial charge is 0.351 e. The van der Waals surface area contributed by atoms with Gasteiger partial charge in [-0.25, -0.2) is 13.6 Å². The van der Waals surface area contributed by atoms with E-state index < -0.39 is 30.6 Å². The number of anilines is 1. The first-order chi connectivity index (χ1) is 7.94. The van der Waals surface area contributed by atoms with E-state index in [9.17, 15) is 13.6 Å². The second-order valence-electron chi connectivity index (χ2n) is 3.59. The summed E-state index contributed by atoms with van der Waals surface area (Å²) in [4.78, 5) is 14.7. The van der Waals surface area contributed by atoms with Crippen LogP contribution in [0.2, 0.25) is 0 Å². The molecule has 6 nitrogen and oxygen atoms in total. The highest BCUT2D eigenvalue weighted by Crippen LogP contribution is 2.40. The summed E-state index contributed by atoms with van der Waals surface area (Å²) in [5.74, 6) is -3.41. The second kappa shape index (κ2) is 4.04. The SMILES string of the molecule is Nc1ccn([C@@H]2O[C@H](CO)[CH]C2(F)F)c(=O)n1. The van der Waals surface area contributed by atoms with Gasteiger partial charge >= 0.3 is 5.69 Å². The van der Waals surface area contributed by atoms with Crippen LogP contribution in [0, 0.1) is 6.42 Å². The minimum atomic E-state index is -3.35. The van der Waals surface area contributed by atoms with E-state index in [4.69, 9.17) is 15.6 Å². The van der Waals surface area contributed by atoms with Gasteiger partial charge in [-0.1, -0.05) is 0 Å². The molecule has 3 N–H and O–H groups in total. The molecule has 93 valence electrons. The van der Waals surface area contributed by atoms with Crippen molar-refractivity contribution in [1.82, 2.24) is 9.55 Å². The summed E-state index contributed by atoms with van der Waals surface area (Å²) < 4.78 is 32.5. The summed E-state index contributed by atoms with van der Waals surface area (Å²) in [6.07, 6.45) is -1.28. The highest BCUT2D eigenvalue weighted by atomic mass is 19.3. The lowest BCUT2D eigenvalue weighted by molar-refractivity contribution is -0.116. The number of aromatic nitrogens is 2. The number of hydrogen-bond acceptors (Lipinski definition) is 5. The van der Waals surface area contributed by atoms with Gasteiger partial charge in [-0.3, -0.25) is 4.57 Å². The van der Waals surface area contributed by atoms with Gasteiger partial charge in [-0.05, 0) is 6.07 Å². The van der Waals surface area contributed by atoms with Crippen molar-refractivity contribution < 1.29 is 18.6 Å². The van der Waals surface area contributed by atoms with Crippen molar-refractivity contribution in [1.29, 1.82) is 0 Å². The van der Waals surface area contributed by atoms with Gasteiger partial charge < -0.3 is 15.6 Å². The largest absolute Gasteiger partial charge is 0.394 e. The van der Waals surface area contributed by atoms with Crippen LogP contribution in [-0.4, -0.2) is 33.3 Å². The van der Waals surface area contributed by atoms with Crippen molar-refractivity contribution in [3.05, 3.63) is 29.2 Å². The molecule has 0 bridgehead atoms. The van der Waals surface area contributed by atoms with Crippen LogP contribution >= 0.6 is 0 Å². The summed E-state index contributed by atoms with van der Waals surface area (Å²) in [5.41, 5.74) is 4.32. The van der Waals surface area contributed by atoms with Crippen molar-refractivity contribution >= 4 is 5.82 Å². The van der Waals surface area contributed by atoms with Gasteiger partial charge in [0.2, 0.25) is 6.23 Å². The first-order valence-electron chi connectivity index (χ1n) is 4.79. The van der Waals surface area contributed by atoms with Crippen molar-refractivity contribution in [2.45, 2.75) is 18.3 Å². The highest BCUT2D eigenvalue weighted by molar-refractivity contribution is 5.23. The number of aliphatic hydroxyl groups excluding tert-OH is 1. The van der Waals surface area contributed by atoms with Gasteiger partial charge in [-0.15, -0.1) is 0 Å². The van der Waals surface area contributed by atoms with Crippen LogP contribution in [0.25, 0.3) is 0 Å². The molecule has 17 heavy (non-hydrogen) atoms. The van der Waals surface area contributed by atoms with Crippen LogP contribution in [0.1, 0.15) is 6.23 Å². The molecule has 0 aliphatic carbocycles. The normalized spacial score (nSPS) is 27.2. The average molecular weight is 246 g/mol. The lowest BCUT2D eigenvalue weighted by Crippen LogP contribution is -2.35. The number of rotatable bonds is 2. The van der Waals surface area contributed by atoms with Gasteiger partial charge in [0.15, 0.2) is 0 Å². The third kappa shape index (κ3) is 2.13. The zero-order chi connectivity index (χ0) is 12.6. The third-order valence-corrected chi connectivity index (χ3v) is 2.33. The topological polar surface area (TPSA) is 90.4 Å². The molecule has 0 saturated carbocycles. The summed E-state index contributed by atoms with van der Waals surface area (Å²) in [6.45, 7) is -0.580. The van der Waals surface area contributed by atoms with E-state index in [1.807, 2.05) is 0 Å². The Labute approximate surface area is 94.6 Å². The van der Waals surface area contributed by atoms with E-state index in [1.165, 1.54) is 6.07 Å². The maximum absolute atomic E-state index is 13.5. The van der Waals surface area contributed by atoms with Gasteiger partial charge in [0, 0.05) is 6.20 Å². The molecule has 1 fully saturated rings. The van der Waals surface area contributed by atoms with E-state index >= 15 is 0 Å². The Hall–Kier alpha value is -1.54. The monoisotopic (exact) mass is 246 g/mol. The van der Waals surface area contributed by atoms with E-state index in [0.29, 0.717) is 11.0 Å². The predicted octanol–water partition coefficient (Wildman–Crippen LogP) is -0.445. The Morgan fingerprint density at radius 3 is 2.88 bits per heavy atom. The zero-order valence-electron chi connectivity index (χ0n) is 8.59. The van der Waals surface area contributed by atoms with Crippen LogP contribution in [0.15, 0.2) is 17.1 Å². The van der Waals surface area contributed by atoms with Crippen LogP contribution in [0.3, 0.4) is 0 Å². The molecule has 1 aromatic heterocycles. The molecular formula is C9H10F2N3O3. The number of nitrogen functional groups attached to an aromatic ring is 1. The lowest BCUT2D eigenvalue weighted by atomic mass is 10.2. The Kier molecular flexibility index (Phi) is 2.84. The van der Waals surface area contributed by atoms with Crippen molar-refractivity contribution in [2.75, 3.05) is 12.3 Å². The minimum Gasteiger partial charge on any atom is -0.394 e. The molecule has 8 heteroatoms. The summed E-state index contributed by atoms with van der Waals surface area (Å²) in [6, 6.07) is 1.22. The van der Waals surface area contributed by atoms with Gasteiger partial charge in [0.1, 0.15) is 5.82 Å². The van der Waals surface area contributed by atoms with Crippen LogP contribution in [0.4, 0.5) is 14.6 Å². The van der Waals surface area contributed by atoms with Crippen LogP contribution in [-0.2, 0) is 4.74 Å². The first-order valence-corrected chi connectivity index (χ1v) is 4.79. The highest BCUT2D eigenvalue weighted by Gasteiger charge is 2.52. The van der Waals surface area contributed by atoms with Crippen molar-refractivity contribution in [2.24, 2.45) is 0 Å². The van der Waals surface area contributed by atoms with Crippen LogP contribution in [0.5, 0.6) is 0 Å². The van der Waals surface area contributed by atoms with Crippen molar-refractivity contribution in [3.63, 3.8) is 0 Å². The molecule has 1 aliphatic rings. The summed E-state index contributed by atoms with van der Waals surface area (Å²) in [7, 11) is 0. The fraction of sp³-hybridized carbons (Fsp3) is 0.444. The number of alkyl halides is 2. The fourth-order valence-electron chi connectivity index (χ4n) is 1.58. The van der Waals surface area contributed by atoms with E-state index in [2.05, 4.69) is 4.98 Å². The van der Waals surface area contributed by atoms with Crippen LogP contribution < -0.4 is 11.4 Å². The molecular weight excluding hydrogens is 236 g/mol. The molecule has 1 radical (unpaired) electrons. The predicted molar refractivity (Wildman–Crippen MR) is 53.2 cm³/mol. The molecule has 1 aliphatic heterocycles. The minimum absolute atomic E-state index is 0.0600. The maximum atomic E-state index is 13.5. The first kappa shape index (κ1) is 11.9. The number of nitrogens with zero attached hydrogens (tertiary/aromatic N) is 2. The maximum Gasteiger partial charge on any atom is 0.351 e. The second-order valence-corrected chi connectivity index (χ2v) is 3.59. The molecule has 0 spiro atoms. The Morgan fingerprint density at radius 2 is 2.35 bits per heavy atom. The lowest BCUT2D eigenvalue weighted by Gasteiger charge is -2.19. The average Bonchev–Trinajstić information content (AvgIpc) is 2.54. The van der Waals surface area contributed by atoms with Gasteiger partial charge in [-0.2, -0.15) is 4.98 Å². The zero-order valence-corrected chi connectivity index (χ0v) is 8.59. The third-order valence-electron chi connectivity index (χ3n) is 2.33.